The zero-order chi connectivity index (χ0) is 15.2. The van der Waals surface area contributed by atoms with E-state index in [1.165, 1.54) is 0 Å². The Morgan fingerprint density at radius 2 is 2.00 bits per heavy atom. The van der Waals surface area contributed by atoms with E-state index in [0.717, 1.165) is 5.56 Å². The van der Waals surface area contributed by atoms with Crippen LogP contribution in [0.15, 0.2) is 42.5 Å². The molecule has 4 nitrogen and oxygen atoms in total. The Hall–Kier alpha value is -2.07. The van der Waals surface area contributed by atoms with Gasteiger partial charge in [-0.3, -0.25) is 0 Å². The molecule has 0 atom stereocenters. The third-order valence-electron chi connectivity index (χ3n) is 2.71. The van der Waals surface area contributed by atoms with E-state index in [1.54, 1.807) is 18.2 Å². The van der Waals surface area contributed by atoms with Crippen molar-refractivity contribution >= 4 is 23.4 Å². The number of halogens is 1. The molecule has 0 spiro atoms. The van der Waals surface area contributed by atoms with Crippen molar-refractivity contribution in [2.45, 2.75) is 26.5 Å². The summed E-state index contributed by atoms with van der Waals surface area (Å²) in [5.41, 5.74) is 1.04. The summed E-state index contributed by atoms with van der Waals surface area (Å²) in [7, 11) is 0. The molecule has 2 rings (SSSR count). The smallest absolute Gasteiger partial charge is 0.357 e. The summed E-state index contributed by atoms with van der Waals surface area (Å²) < 4.78 is 5.24. The van der Waals surface area contributed by atoms with Crippen molar-refractivity contribution < 1.29 is 9.53 Å². The number of anilines is 1. The number of ether oxygens (including phenoxy) is 1. The Labute approximate surface area is 129 Å². The predicted octanol–water partition coefficient (Wildman–Crippen LogP) is 3.91. The molecule has 0 bridgehead atoms. The number of pyridine rings is 1. The van der Waals surface area contributed by atoms with E-state index in [4.69, 9.17) is 16.3 Å². The fraction of sp³-hybridized carbons (Fsp3) is 0.250. The summed E-state index contributed by atoms with van der Waals surface area (Å²) in [5, 5.41) is 3.72. The normalized spacial score (nSPS) is 10.5. The minimum atomic E-state index is -0.470. The molecule has 1 N–H and O–H groups in total. The standard InChI is InChI=1S/C16H17ClN2O2/c1-11(2)18-15-9-5-8-14(19-15)16(20)21-10-12-6-3-4-7-13(12)17/h3-9,11H,10H2,1-2H3,(H,18,19). The van der Waals surface area contributed by atoms with Gasteiger partial charge in [0.2, 0.25) is 0 Å². The summed E-state index contributed by atoms with van der Waals surface area (Å²) in [4.78, 5) is 16.2. The van der Waals surface area contributed by atoms with E-state index in [2.05, 4.69) is 10.3 Å². The van der Waals surface area contributed by atoms with Gasteiger partial charge in [0, 0.05) is 16.6 Å². The van der Waals surface area contributed by atoms with Crippen LogP contribution in [0.4, 0.5) is 5.82 Å². The van der Waals surface area contributed by atoms with Crippen LogP contribution in [0.1, 0.15) is 29.9 Å². The molecule has 110 valence electrons. The van der Waals surface area contributed by atoms with Crippen molar-refractivity contribution in [3.8, 4) is 0 Å². The quantitative estimate of drug-likeness (QED) is 0.851. The second kappa shape index (κ2) is 7.09. The number of esters is 1. The molecule has 0 saturated heterocycles. The highest BCUT2D eigenvalue weighted by molar-refractivity contribution is 6.31. The first kappa shape index (κ1) is 15.3. The molecule has 5 heteroatoms. The zero-order valence-corrected chi connectivity index (χ0v) is 12.7. The maximum atomic E-state index is 12.0. The number of rotatable bonds is 5. The number of nitrogens with zero attached hydrogens (tertiary/aromatic N) is 1. The van der Waals surface area contributed by atoms with Gasteiger partial charge in [-0.15, -0.1) is 0 Å². The number of carbonyl (C=O) groups is 1. The first-order valence-corrected chi connectivity index (χ1v) is 7.08. The molecule has 0 radical (unpaired) electrons. The van der Waals surface area contributed by atoms with Crippen molar-refractivity contribution in [1.29, 1.82) is 0 Å². The summed E-state index contributed by atoms with van der Waals surface area (Å²) in [6.45, 7) is 4.14. The monoisotopic (exact) mass is 304 g/mol. The van der Waals surface area contributed by atoms with Crippen LogP contribution in [-0.2, 0) is 11.3 Å². The Morgan fingerprint density at radius 1 is 1.24 bits per heavy atom. The van der Waals surface area contributed by atoms with Crippen molar-refractivity contribution in [3.63, 3.8) is 0 Å². The molecule has 0 amide bonds. The van der Waals surface area contributed by atoms with E-state index in [0.29, 0.717) is 10.8 Å². The van der Waals surface area contributed by atoms with Gasteiger partial charge in [0.15, 0.2) is 5.69 Å². The topological polar surface area (TPSA) is 51.2 Å². The molecule has 1 aromatic carbocycles. The fourth-order valence-corrected chi connectivity index (χ4v) is 1.95. The minimum Gasteiger partial charge on any atom is -0.456 e. The number of nitrogens with one attached hydrogen (secondary N) is 1. The van der Waals surface area contributed by atoms with Gasteiger partial charge in [-0.2, -0.15) is 0 Å². The molecular weight excluding hydrogens is 288 g/mol. The van der Waals surface area contributed by atoms with E-state index in [-0.39, 0.29) is 18.3 Å². The van der Waals surface area contributed by atoms with E-state index in [1.807, 2.05) is 38.1 Å². The van der Waals surface area contributed by atoms with Gasteiger partial charge in [-0.1, -0.05) is 35.9 Å². The van der Waals surface area contributed by atoms with E-state index < -0.39 is 5.97 Å². The third-order valence-corrected chi connectivity index (χ3v) is 3.08. The highest BCUT2D eigenvalue weighted by Gasteiger charge is 2.11. The molecule has 0 aliphatic heterocycles. The number of carbonyl (C=O) groups excluding carboxylic acids is 1. The van der Waals surface area contributed by atoms with Crippen molar-refractivity contribution in [2.24, 2.45) is 0 Å². The lowest BCUT2D eigenvalue weighted by Gasteiger charge is -2.10. The SMILES string of the molecule is CC(C)Nc1cccc(C(=O)OCc2ccccc2Cl)n1. The van der Waals surface area contributed by atoms with Gasteiger partial charge in [-0.25, -0.2) is 9.78 Å². The Balaban J connectivity index is 2.02. The van der Waals surface area contributed by atoms with Gasteiger partial charge in [-0.05, 0) is 32.0 Å². The Bertz CT molecular complexity index is 629. The maximum Gasteiger partial charge on any atom is 0.357 e. The summed E-state index contributed by atoms with van der Waals surface area (Å²) in [6.07, 6.45) is 0. The van der Waals surface area contributed by atoms with Gasteiger partial charge >= 0.3 is 5.97 Å². The summed E-state index contributed by atoms with van der Waals surface area (Å²) in [5.74, 6) is 0.180. The van der Waals surface area contributed by atoms with E-state index >= 15 is 0 Å². The van der Waals surface area contributed by atoms with Crippen molar-refractivity contribution in [3.05, 3.63) is 58.7 Å². The van der Waals surface area contributed by atoms with Crippen molar-refractivity contribution in [2.75, 3.05) is 5.32 Å². The second-order valence-electron chi connectivity index (χ2n) is 4.87. The largest absolute Gasteiger partial charge is 0.456 e. The van der Waals surface area contributed by atoms with Gasteiger partial charge in [0.1, 0.15) is 12.4 Å². The number of aromatic nitrogens is 1. The molecule has 0 unspecified atom stereocenters. The van der Waals surface area contributed by atoms with Crippen LogP contribution in [0.3, 0.4) is 0 Å². The number of hydrogen-bond donors (Lipinski definition) is 1. The Morgan fingerprint density at radius 3 is 2.71 bits per heavy atom. The molecule has 0 aliphatic rings. The minimum absolute atomic E-state index is 0.127. The fourth-order valence-electron chi connectivity index (χ4n) is 1.76. The Kier molecular flexibility index (Phi) is 5.17. The van der Waals surface area contributed by atoms with Crippen LogP contribution in [0.2, 0.25) is 5.02 Å². The average Bonchev–Trinajstić information content (AvgIpc) is 2.45. The molecular formula is C16H17ClN2O2. The number of hydrogen-bond acceptors (Lipinski definition) is 4. The molecule has 2 aromatic rings. The zero-order valence-electron chi connectivity index (χ0n) is 12.0. The predicted molar refractivity (Wildman–Crippen MR) is 83.6 cm³/mol. The molecule has 21 heavy (non-hydrogen) atoms. The summed E-state index contributed by atoms with van der Waals surface area (Å²) in [6, 6.07) is 12.7. The lowest BCUT2D eigenvalue weighted by molar-refractivity contribution is 0.0466. The van der Waals surface area contributed by atoms with Crippen LogP contribution >= 0.6 is 11.6 Å². The van der Waals surface area contributed by atoms with Crippen LogP contribution in [0.25, 0.3) is 0 Å². The van der Waals surface area contributed by atoms with E-state index in [9.17, 15) is 4.79 Å². The number of benzene rings is 1. The van der Waals surface area contributed by atoms with Crippen LogP contribution in [0.5, 0.6) is 0 Å². The first-order valence-electron chi connectivity index (χ1n) is 6.70. The average molecular weight is 305 g/mol. The van der Waals surface area contributed by atoms with Crippen LogP contribution in [0, 0.1) is 0 Å². The molecule has 0 fully saturated rings. The maximum absolute atomic E-state index is 12.0. The highest BCUT2D eigenvalue weighted by Crippen LogP contribution is 2.16. The van der Waals surface area contributed by atoms with Gasteiger partial charge in [0.05, 0.1) is 0 Å². The van der Waals surface area contributed by atoms with Crippen molar-refractivity contribution in [1.82, 2.24) is 4.98 Å². The third kappa shape index (κ3) is 4.46. The lowest BCUT2D eigenvalue weighted by Crippen LogP contribution is -2.13. The summed E-state index contributed by atoms with van der Waals surface area (Å²) >= 11 is 6.02. The van der Waals surface area contributed by atoms with Crippen LogP contribution < -0.4 is 5.32 Å². The molecule has 1 aromatic heterocycles. The lowest BCUT2D eigenvalue weighted by atomic mass is 10.2. The highest BCUT2D eigenvalue weighted by atomic mass is 35.5. The van der Waals surface area contributed by atoms with Gasteiger partial charge < -0.3 is 10.1 Å². The van der Waals surface area contributed by atoms with Gasteiger partial charge in [0.25, 0.3) is 0 Å². The molecule has 0 aliphatic carbocycles. The first-order chi connectivity index (χ1) is 10.1. The molecule has 1 heterocycles. The van der Waals surface area contributed by atoms with Crippen LogP contribution in [-0.4, -0.2) is 17.0 Å². The second-order valence-corrected chi connectivity index (χ2v) is 5.28. The molecule has 0 saturated carbocycles.